The van der Waals surface area contributed by atoms with Crippen molar-refractivity contribution in [3.8, 4) is 0 Å². The Labute approximate surface area is 87.5 Å². The Hall–Kier alpha value is -1.09. The van der Waals surface area contributed by atoms with E-state index in [1.807, 2.05) is 13.0 Å². The van der Waals surface area contributed by atoms with Gasteiger partial charge in [-0.2, -0.15) is 0 Å². The fourth-order valence-electron chi connectivity index (χ4n) is 1.41. The molecule has 0 saturated carbocycles. The molecular weight excluding hydrogens is 198 g/mol. The van der Waals surface area contributed by atoms with Crippen LogP contribution in [0.3, 0.4) is 0 Å². The molecule has 3 nitrogen and oxygen atoms in total. The van der Waals surface area contributed by atoms with Gasteiger partial charge in [-0.15, -0.1) is 0 Å². The molecule has 0 aromatic carbocycles. The van der Waals surface area contributed by atoms with Crippen LogP contribution < -0.4 is 0 Å². The van der Waals surface area contributed by atoms with Crippen molar-refractivity contribution in [2.75, 3.05) is 0 Å². The van der Waals surface area contributed by atoms with E-state index in [9.17, 15) is 0 Å². The summed E-state index contributed by atoms with van der Waals surface area (Å²) in [6.07, 6.45) is 0. The number of hydrogen-bond acceptors (Lipinski definition) is 2. The van der Waals surface area contributed by atoms with Crippen molar-refractivity contribution in [1.29, 1.82) is 0 Å². The molecule has 2 heterocycles. The second-order valence-corrected chi connectivity index (χ2v) is 4.11. The molecule has 0 aliphatic heterocycles. The first-order valence-corrected chi connectivity index (χ1v) is 4.98. The fourth-order valence-corrected chi connectivity index (χ4v) is 1.60. The summed E-state index contributed by atoms with van der Waals surface area (Å²) in [6, 6.07) is 1.86. The highest BCUT2D eigenvalue weighted by molar-refractivity contribution is 6.30. The highest BCUT2D eigenvalue weighted by Gasteiger charge is 2.09. The summed E-state index contributed by atoms with van der Waals surface area (Å²) in [5.74, 6) is 1.19. The SMILES string of the molecule is Cc1nc(C(C)C)nc2[nH]c(Cl)cc12. The first-order valence-electron chi connectivity index (χ1n) is 4.60. The molecule has 0 atom stereocenters. The number of hydrogen-bond donors (Lipinski definition) is 1. The van der Waals surface area contributed by atoms with Crippen LogP contribution >= 0.6 is 11.6 Å². The van der Waals surface area contributed by atoms with Crippen LogP contribution in [-0.2, 0) is 0 Å². The van der Waals surface area contributed by atoms with Gasteiger partial charge in [0, 0.05) is 11.3 Å². The van der Waals surface area contributed by atoms with E-state index in [1.54, 1.807) is 0 Å². The van der Waals surface area contributed by atoms with Gasteiger partial charge >= 0.3 is 0 Å². The second-order valence-electron chi connectivity index (χ2n) is 3.70. The van der Waals surface area contributed by atoms with Crippen molar-refractivity contribution < 1.29 is 0 Å². The van der Waals surface area contributed by atoms with Crippen LogP contribution in [0.4, 0.5) is 0 Å². The minimum absolute atomic E-state index is 0.333. The van der Waals surface area contributed by atoms with Gasteiger partial charge in [0.15, 0.2) is 0 Å². The lowest BCUT2D eigenvalue weighted by Crippen LogP contribution is -1.99. The van der Waals surface area contributed by atoms with E-state index in [2.05, 4.69) is 28.8 Å². The monoisotopic (exact) mass is 209 g/mol. The van der Waals surface area contributed by atoms with Gasteiger partial charge in [0.2, 0.25) is 0 Å². The number of rotatable bonds is 1. The zero-order valence-corrected chi connectivity index (χ0v) is 9.18. The number of H-pyrrole nitrogens is 1. The molecule has 0 unspecified atom stereocenters. The number of nitrogens with zero attached hydrogens (tertiary/aromatic N) is 2. The summed E-state index contributed by atoms with van der Waals surface area (Å²) in [6.45, 7) is 6.12. The summed E-state index contributed by atoms with van der Waals surface area (Å²) in [7, 11) is 0. The van der Waals surface area contributed by atoms with Crippen molar-refractivity contribution in [3.05, 3.63) is 22.7 Å². The van der Waals surface area contributed by atoms with Gasteiger partial charge in [0.05, 0.1) is 5.69 Å². The second kappa shape index (κ2) is 3.24. The molecule has 14 heavy (non-hydrogen) atoms. The third-order valence-corrected chi connectivity index (χ3v) is 2.38. The Morgan fingerprint density at radius 1 is 1.36 bits per heavy atom. The lowest BCUT2D eigenvalue weighted by atomic mass is 10.2. The largest absolute Gasteiger partial charge is 0.330 e. The van der Waals surface area contributed by atoms with Crippen molar-refractivity contribution >= 4 is 22.6 Å². The number of aromatic nitrogens is 3. The van der Waals surface area contributed by atoms with Gasteiger partial charge in [-0.1, -0.05) is 25.4 Å². The van der Waals surface area contributed by atoms with Crippen molar-refractivity contribution in [3.63, 3.8) is 0 Å². The molecule has 2 rings (SSSR count). The minimum Gasteiger partial charge on any atom is -0.330 e. The van der Waals surface area contributed by atoms with Gasteiger partial charge < -0.3 is 4.98 Å². The number of aryl methyl sites for hydroxylation is 1. The number of aromatic amines is 1. The maximum Gasteiger partial charge on any atom is 0.142 e. The molecule has 0 radical (unpaired) electrons. The minimum atomic E-state index is 0.333. The Balaban J connectivity index is 2.71. The Bertz CT molecular complexity index is 473. The van der Waals surface area contributed by atoms with E-state index in [0.717, 1.165) is 22.6 Å². The van der Waals surface area contributed by atoms with Crippen LogP contribution in [0, 0.1) is 6.92 Å². The maximum atomic E-state index is 5.86. The van der Waals surface area contributed by atoms with E-state index < -0.39 is 0 Å². The summed E-state index contributed by atoms with van der Waals surface area (Å²) in [5, 5.41) is 1.61. The quantitative estimate of drug-likeness (QED) is 0.785. The number of halogens is 1. The van der Waals surface area contributed by atoms with Crippen LogP contribution in [0.5, 0.6) is 0 Å². The smallest absolute Gasteiger partial charge is 0.142 e. The lowest BCUT2D eigenvalue weighted by molar-refractivity contribution is 0.775. The molecule has 0 aliphatic rings. The summed E-state index contributed by atoms with van der Waals surface area (Å²) < 4.78 is 0. The predicted molar refractivity (Wildman–Crippen MR) is 57.7 cm³/mol. The first kappa shape index (κ1) is 9.46. The fraction of sp³-hybridized carbons (Fsp3) is 0.400. The van der Waals surface area contributed by atoms with Gasteiger partial charge in [0.25, 0.3) is 0 Å². The van der Waals surface area contributed by atoms with Crippen LogP contribution in [-0.4, -0.2) is 15.0 Å². The van der Waals surface area contributed by atoms with Crippen molar-refractivity contribution in [2.45, 2.75) is 26.7 Å². The van der Waals surface area contributed by atoms with E-state index in [4.69, 9.17) is 11.6 Å². The molecule has 4 heteroatoms. The molecule has 1 N–H and O–H groups in total. The third-order valence-electron chi connectivity index (χ3n) is 2.18. The van der Waals surface area contributed by atoms with Crippen LogP contribution in [0.1, 0.15) is 31.3 Å². The number of nitrogens with one attached hydrogen (secondary N) is 1. The average Bonchev–Trinajstić information content (AvgIpc) is 2.45. The summed E-state index contributed by atoms with van der Waals surface area (Å²) in [5.41, 5.74) is 1.80. The van der Waals surface area contributed by atoms with Gasteiger partial charge in [-0.25, -0.2) is 9.97 Å². The first-order chi connectivity index (χ1) is 6.58. The molecule has 0 saturated heterocycles. The molecular formula is C10H12ClN3. The zero-order chi connectivity index (χ0) is 10.3. The Morgan fingerprint density at radius 2 is 2.07 bits per heavy atom. The standard InChI is InChI=1S/C10H12ClN3/c1-5(2)9-12-6(3)7-4-8(11)13-10(7)14-9/h4-5H,1-3H3,(H,12,13,14). The molecule has 0 spiro atoms. The Kier molecular flexibility index (Phi) is 2.19. The summed E-state index contributed by atoms with van der Waals surface area (Å²) in [4.78, 5) is 11.8. The predicted octanol–water partition coefficient (Wildman–Crippen LogP) is 3.04. The third kappa shape index (κ3) is 1.48. The van der Waals surface area contributed by atoms with Gasteiger partial charge in [0.1, 0.15) is 16.6 Å². The topological polar surface area (TPSA) is 41.6 Å². The van der Waals surface area contributed by atoms with E-state index in [0.29, 0.717) is 11.1 Å². The molecule has 0 bridgehead atoms. The molecule has 2 aromatic heterocycles. The highest BCUT2D eigenvalue weighted by atomic mass is 35.5. The number of fused-ring (bicyclic) bond motifs is 1. The molecule has 0 fully saturated rings. The molecule has 2 aromatic rings. The highest BCUT2D eigenvalue weighted by Crippen LogP contribution is 2.21. The van der Waals surface area contributed by atoms with Crippen LogP contribution in [0.15, 0.2) is 6.07 Å². The average molecular weight is 210 g/mol. The Morgan fingerprint density at radius 3 is 2.71 bits per heavy atom. The normalized spacial score (nSPS) is 11.5. The van der Waals surface area contributed by atoms with Gasteiger partial charge in [-0.05, 0) is 13.0 Å². The van der Waals surface area contributed by atoms with Crippen LogP contribution in [0.25, 0.3) is 11.0 Å². The zero-order valence-electron chi connectivity index (χ0n) is 8.43. The maximum absolute atomic E-state index is 5.86. The van der Waals surface area contributed by atoms with Crippen molar-refractivity contribution in [1.82, 2.24) is 15.0 Å². The van der Waals surface area contributed by atoms with E-state index in [1.165, 1.54) is 0 Å². The molecule has 0 amide bonds. The van der Waals surface area contributed by atoms with E-state index in [-0.39, 0.29) is 0 Å². The lowest BCUT2D eigenvalue weighted by Gasteiger charge is -2.04. The van der Waals surface area contributed by atoms with Gasteiger partial charge in [-0.3, -0.25) is 0 Å². The van der Waals surface area contributed by atoms with Crippen LogP contribution in [0.2, 0.25) is 5.15 Å². The van der Waals surface area contributed by atoms with Crippen molar-refractivity contribution in [2.24, 2.45) is 0 Å². The summed E-state index contributed by atoms with van der Waals surface area (Å²) >= 11 is 5.86. The van der Waals surface area contributed by atoms with E-state index >= 15 is 0 Å². The molecule has 0 aliphatic carbocycles. The molecule has 74 valence electrons.